The molecule has 0 atom stereocenters. The van der Waals surface area contributed by atoms with E-state index in [1.54, 1.807) is 12.4 Å². The van der Waals surface area contributed by atoms with Gasteiger partial charge in [-0.05, 0) is 23.2 Å². The highest BCUT2D eigenvalue weighted by atomic mass is 16.5. The number of aromatic hydroxyl groups is 1. The van der Waals surface area contributed by atoms with Crippen LogP contribution in [0.15, 0.2) is 52.2 Å². The van der Waals surface area contributed by atoms with Crippen molar-refractivity contribution in [3.05, 3.63) is 59.6 Å². The molecule has 5 nitrogen and oxygen atoms in total. The molecule has 0 aliphatic carbocycles. The molecule has 5 heteroatoms. The van der Waals surface area contributed by atoms with E-state index in [9.17, 15) is 0 Å². The van der Waals surface area contributed by atoms with E-state index in [0.29, 0.717) is 12.2 Å². The maximum Gasteiger partial charge on any atom is 0.251 e. The van der Waals surface area contributed by atoms with Crippen LogP contribution in [-0.2, 0) is 13.0 Å². The minimum absolute atomic E-state index is 0.0812. The molecule has 104 valence electrons. The molecule has 1 heterocycles. The van der Waals surface area contributed by atoms with Crippen molar-refractivity contribution >= 4 is 6.21 Å². The Balaban J connectivity index is 1.86. The molecule has 2 aromatic rings. The molecule has 2 N–H and O–H groups in total. The average Bonchev–Trinajstić information content (AvgIpc) is 2.86. The van der Waals surface area contributed by atoms with Crippen LogP contribution in [0.25, 0.3) is 0 Å². The molecule has 0 amide bonds. The molecule has 1 aromatic heterocycles. The van der Waals surface area contributed by atoms with Gasteiger partial charge in [-0.3, -0.25) is 4.99 Å². The van der Waals surface area contributed by atoms with Crippen molar-refractivity contribution in [2.75, 3.05) is 0 Å². The van der Waals surface area contributed by atoms with Gasteiger partial charge in [0, 0.05) is 37.6 Å². The van der Waals surface area contributed by atoms with Crippen molar-refractivity contribution in [1.29, 1.82) is 0 Å². The minimum atomic E-state index is -0.0812. The SMILES string of the molecule is C/C=N\C=C/NCc1ccc(Cc2cc(O)no2)cc1. The Morgan fingerprint density at radius 2 is 2.05 bits per heavy atom. The van der Waals surface area contributed by atoms with E-state index >= 15 is 0 Å². The molecule has 0 saturated carbocycles. The summed E-state index contributed by atoms with van der Waals surface area (Å²) in [6.45, 7) is 2.62. The van der Waals surface area contributed by atoms with E-state index in [2.05, 4.69) is 27.6 Å². The first-order valence-electron chi connectivity index (χ1n) is 6.36. The summed E-state index contributed by atoms with van der Waals surface area (Å²) in [6, 6.07) is 9.69. The van der Waals surface area contributed by atoms with Crippen molar-refractivity contribution in [3.63, 3.8) is 0 Å². The molecule has 0 aliphatic heterocycles. The van der Waals surface area contributed by atoms with Crippen LogP contribution in [0, 0.1) is 0 Å². The summed E-state index contributed by atoms with van der Waals surface area (Å²) in [5.74, 6) is 0.566. The lowest BCUT2D eigenvalue weighted by Gasteiger charge is -2.03. The van der Waals surface area contributed by atoms with Gasteiger partial charge in [0.15, 0.2) is 0 Å². The lowest BCUT2D eigenvalue weighted by molar-refractivity contribution is 0.344. The van der Waals surface area contributed by atoms with E-state index in [1.807, 2.05) is 25.3 Å². The van der Waals surface area contributed by atoms with Gasteiger partial charge >= 0.3 is 0 Å². The van der Waals surface area contributed by atoms with E-state index < -0.39 is 0 Å². The lowest BCUT2D eigenvalue weighted by Crippen LogP contribution is -2.04. The van der Waals surface area contributed by atoms with Gasteiger partial charge in [0.05, 0.1) is 0 Å². The molecule has 0 radical (unpaired) electrons. The highest BCUT2D eigenvalue weighted by Crippen LogP contribution is 2.14. The Kier molecular flexibility index (Phi) is 4.94. The first-order valence-corrected chi connectivity index (χ1v) is 6.36. The molecule has 0 aliphatic rings. The predicted molar refractivity (Wildman–Crippen MR) is 77.6 cm³/mol. The van der Waals surface area contributed by atoms with Crippen LogP contribution < -0.4 is 5.32 Å². The Labute approximate surface area is 117 Å². The fourth-order valence-corrected chi connectivity index (χ4v) is 1.72. The standard InChI is InChI=1S/C15H17N3O2/c1-2-16-7-8-17-11-13-5-3-12(4-6-13)9-14-10-15(19)18-20-14/h2-8,10,17H,9,11H2,1H3,(H,18,19)/b8-7-,16-2-. The summed E-state index contributed by atoms with van der Waals surface area (Å²) in [5, 5.41) is 15.7. The molecule has 0 unspecified atom stereocenters. The van der Waals surface area contributed by atoms with Gasteiger partial charge in [0.2, 0.25) is 0 Å². The third-order valence-corrected chi connectivity index (χ3v) is 2.68. The Morgan fingerprint density at radius 3 is 2.70 bits per heavy atom. The van der Waals surface area contributed by atoms with Gasteiger partial charge in [0.25, 0.3) is 5.88 Å². The van der Waals surface area contributed by atoms with E-state index in [4.69, 9.17) is 9.63 Å². The van der Waals surface area contributed by atoms with Crippen molar-refractivity contribution in [1.82, 2.24) is 10.5 Å². The topological polar surface area (TPSA) is 70.7 Å². The van der Waals surface area contributed by atoms with E-state index in [0.717, 1.165) is 12.1 Å². The largest absolute Gasteiger partial charge is 0.491 e. The summed E-state index contributed by atoms with van der Waals surface area (Å²) in [4.78, 5) is 3.96. The number of hydrogen-bond acceptors (Lipinski definition) is 5. The first-order chi connectivity index (χ1) is 9.78. The Hall–Kier alpha value is -2.56. The first kappa shape index (κ1) is 13.9. The number of nitrogens with zero attached hydrogens (tertiary/aromatic N) is 2. The third-order valence-electron chi connectivity index (χ3n) is 2.68. The van der Waals surface area contributed by atoms with Crippen LogP contribution in [0.1, 0.15) is 23.8 Å². The number of nitrogens with one attached hydrogen (secondary N) is 1. The Bertz CT molecular complexity index is 585. The van der Waals surface area contributed by atoms with E-state index in [-0.39, 0.29) is 5.88 Å². The molecule has 0 bridgehead atoms. The van der Waals surface area contributed by atoms with Gasteiger partial charge in [0.1, 0.15) is 5.76 Å². The molecule has 0 fully saturated rings. The average molecular weight is 271 g/mol. The monoisotopic (exact) mass is 271 g/mol. The van der Waals surface area contributed by atoms with Gasteiger partial charge in [-0.1, -0.05) is 24.3 Å². The summed E-state index contributed by atoms with van der Waals surface area (Å²) in [5.41, 5.74) is 2.29. The third kappa shape index (κ3) is 4.28. The highest BCUT2D eigenvalue weighted by Gasteiger charge is 2.03. The highest BCUT2D eigenvalue weighted by molar-refractivity contribution is 5.54. The second kappa shape index (κ2) is 7.13. The van der Waals surface area contributed by atoms with E-state index in [1.165, 1.54) is 11.6 Å². The molecule has 1 aromatic carbocycles. The Morgan fingerprint density at radius 1 is 1.30 bits per heavy atom. The van der Waals surface area contributed by atoms with Crippen LogP contribution in [0.4, 0.5) is 0 Å². The zero-order valence-electron chi connectivity index (χ0n) is 11.3. The van der Waals surface area contributed by atoms with Gasteiger partial charge < -0.3 is 14.9 Å². The molecule has 2 rings (SSSR count). The molecular formula is C15H17N3O2. The van der Waals surface area contributed by atoms with Crippen LogP contribution in [0.5, 0.6) is 5.88 Å². The zero-order valence-corrected chi connectivity index (χ0v) is 11.3. The van der Waals surface area contributed by atoms with Gasteiger partial charge in [-0.15, -0.1) is 0 Å². The number of hydrogen-bond donors (Lipinski definition) is 2. The number of aromatic nitrogens is 1. The second-order valence-electron chi connectivity index (χ2n) is 4.25. The van der Waals surface area contributed by atoms with Gasteiger partial charge in [-0.25, -0.2) is 0 Å². The summed E-state index contributed by atoms with van der Waals surface area (Å²) >= 11 is 0. The normalized spacial score (nSPS) is 11.4. The summed E-state index contributed by atoms with van der Waals surface area (Å²) in [6.07, 6.45) is 5.87. The molecular weight excluding hydrogens is 254 g/mol. The van der Waals surface area contributed by atoms with Crippen LogP contribution in [0.3, 0.4) is 0 Å². The lowest BCUT2D eigenvalue weighted by atomic mass is 10.1. The molecule has 0 spiro atoms. The maximum atomic E-state index is 9.10. The predicted octanol–water partition coefficient (Wildman–Crippen LogP) is 2.62. The van der Waals surface area contributed by atoms with Gasteiger partial charge in [-0.2, -0.15) is 0 Å². The van der Waals surface area contributed by atoms with Crippen LogP contribution >= 0.6 is 0 Å². The zero-order chi connectivity index (χ0) is 14.2. The maximum absolute atomic E-state index is 9.10. The van der Waals surface area contributed by atoms with Crippen molar-refractivity contribution < 1.29 is 9.63 Å². The van der Waals surface area contributed by atoms with Crippen molar-refractivity contribution in [2.45, 2.75) is 19.9 Å². The fourth-order valence-electron chi connectivity index (χ4n) is 1.72. The van der Waals surface area contributed by atoms with Crippen LogP contribution in [0.2, 0.25) is 0 Å². The minimum Gasteiger partial charge on any atom is -0.491 e. The number of rotatable bonds is 6. The second-order valence-corrected chi connectivity index (χ2v) is 4.25. The number of benzene rings is 1. The van der Waals surface area contributed by atoms with Crippen molar-refractivity contribution in [3.8, 4) is 5.88 Å². The number of aliphatic imine (C=N–C) groups is 1. The molecule has 0 saturated heterocycles. The van der Waals surface area contributed by atoms with Crippen LogP contribution in [-0.4, -0.2) is 16.5 Å². The fraction of sp³-hybridized carbons (Fsp3) is 0.200. The summed E-state index contributed by atoms with van der Waals surface area (Å²) < 4.78 is 4.97. The van der Waals surface area contributed by atoms with Crippen molar-refractivity contribution in [2.24, 2.45) is 4.99 Å². The molecule has 20 heavy (non-hydrogen) atoms. The quantitative estimate of drug-likeness (QED) is 0.792. The smallest absolute Gasteiger partial charge is 0.251 e. The summed E-state index contributed by atoms with van der Waals surface area (Å²) in [7, 11) is 0.